The molecule has 1 aliphatic carbocycles. The van der Waals surface area contributed by atoms with Gasteiger partial charge in [-0.3, -0.25) is 4.79 Å². The van der Waals surface area contributed by atoms with Crippen molar-refractivity contribution >= 4 is 17.7 Å². The van der Waals surface area contributed by atoms with Crippen molar-refractivity contribution in [1.82, 2.24) is 5.32 Å². The molecule has 2 N–H and O–H groups in total. The van der Waals surface area contributed by atoms with Gasteiger partial charge < -0.3 is 10.4 Å². The highest BCUT2D eigenvalue weighted by Gasteiger charge is 2.24. The first-order valence-electron chi connectivity index (χ1n) is 4.69. The summed E-state index contributed by atoms with van der Waals surface area (Å²) in [5, 5.41) is 12.0. The van der Waals surface area contributed by atoms with Gasteiger partial charge in [0.15, 0.2) is 0 Å². The Morgan fingerprint density at radius 2 is 2.38 bits per heavy atom. The first-order valence-corrected chi connectivity index (χ1v) is 6.08. The van der Waals surface area contributed by atoms with Gasteiger partial charge in [0, 0.05) is 0 Å². The molecule has 1 atom stereocenters. The molecule has 76 valence electrons. The summed E-state index contributed by atoms with van der Waals surface area (Å²) < 4.78 is 0. The van der Waals surface area contributed by atoms with E-state index >= 15 is 0 Å². The van der Waals surface area contributed by atoms with Crippen molar-refractivity contribution in [2.75, 3.05) is 18.6 Å². The van der Waals surface area contributed by atoms with Gasteiger partial charge in [0.05, 0.1) is 0 Å². The molecule has 0 aromatic heterocycles. The SMILES string of the molecule is CSCCC(NCC1CC1)C(=O)O. The maximum absolute atomic E-state index is 10.8. The number of carboxylic acid groups (broad SMARTS) is 1. The molecule has 13 heavy (non-hydrogen) atoms. The van der Waals surface area contributed by atoms with E-state index in [9.17, 15) is 4.79 Å². The number of thioether (sulfide) groups is 1. The Kier molecular flexibility index (Phi) is 4.59. The predicted octanol–water partition coefficient (Wildman–Crippen LogP) is 1.19. The summed E-state index contributed by atoms with van der Waals surface area (Å²) in [4.78, 5) is 10.8. The highest BCUT2D eigenvalue weighted by atomic mass is 32.2. The van der Waals surface area contributed by atoms with E-state index in [0.717, 1.165) is 24.6 Å². The molecule has 1 rings (SSSR count). The minimum atomic E-state index is -0.713. The van der Waals surface area contributed by atoms with Crippen LogP contribution in [-0.2, 0) is 4.79 Å². The minimum Gasteiger partial charge on any atom is -0.480 e. The summed E-state index contributed by atoms with van der Waals surface area (Å²) in [6.45, 7) is 0.880. The largest absolute Gasteiger partial charge is 0.480 e. The lowest BCUT2D eigenvalue weighted by Gasteiger charge is -2.12. The Morgan fingerprint density at radius 1 is 1.69 bits per heavy atom. The fourth-order valence-corrected chi connectivity index (χ4v) is 1.65. The predicted molar refractivity (Wildman–Crippen MR) is 55.1 cm³/mol. The van der Waals surface area contributed by atoms with E-state index < -0.39 is 5.97 Å². The molecular weight excluding hydrogens is 186 g/mol. The number of carboxylic acids is 1. The summed E-state index contributed by atoms with van der Waals surface area (Å²) in [6, 6.07) is -0.340. The average Bonchev–Trinajstić information content (AvgIpc) is 2.87. The Labute approximate surface area is 83.3 Å². The van der Waals surface area contributed by atoms with Crippen LogP contribution in [0.2, 0.25) is 0 Å². The van der Waals surface area contributed by atoms with Crippen molar-refractivity contribution in [2.45, 2.75) is 25.3 Å². The Hall–Kier alpha value is -0.220. The van der Waals surface area contributed by atoms with Gasteiger partial charge in [0.25, 0.3) is 0 Å². The van der Waals surface area contributed by atoms with E-state index in [-0.39, 0.29) is 6.04 Å². The summed E-state index contributed by atoms with van der Waals surface area (Å²) in [5.41, 5.74) is 0. The van der Waals surface area contributed by atoms with Gasteiger partial charge in [-0.05, 0) is 43.7 Å². The van der Waals surface area contributed by atoms with Crippen LogP contribution in [0.15, 0.2) is 0 Å². The fraction of sp³-hybridized carbons (Fsp3) is 0.889. The smallest absolute Gasteiger partial charge is 0.320 e. The minimum absolute atomic E-state index is 0.340. The van der Waals surface area contributed by atoms with Crippen molar-refractivity contribution < 1.29 is 9.90 Å². The molecule has 4 heteroatoms. The zero-order valence-corrected chi connectivity index (χ0v) is 8.77. The molecule has 0 radical (unpaired) electrons. The molecule has 0 heterocycles. The molecule has 1 fully saturated rings. The van der Waals surface area contributed by atoms with E-state index in [0.29, 0.717) is 0 Å². The molecule has 0 aromatic rings. The third-order valence-electron chi connectivity index (χ3n) is 2.26. The number of carbonyl (C=O) groups is 1. The lowest BCUT2D eigenvalue weighted by molar-refractivity contribution is -0.139. The van der Waals surface area contributed by atoms with Crippen LogP contribution >= 0.6 is 11.8 Å². The molecule has 1 aliphatic rings. The molecular formula is C9H17NO2S. The monoisotopic (exact) mass is 203 g/mol. The summed E-state index contributed by atoms with van der Waals surface area (Å²) in [6.07, 6.45) is 5.26. The summed E-state index contributed by atoms with van der Waals surface area (Å²) >= 11 is 1.69. The lowest BCUT2D eigenvalue weighted by Crippen LogP contribution is -2.38. The third-order valence-corrected chi connectivity index (χ3v) is 2.90. The molecule has 0 saturated heterocycles. The van der Waals surface area contributed by atoms with Gasteiger partial charge in [-0.15, -0.1) is 0 Å². The van der Waals surface area contributed by atoms with Gasteiger partial charge in [0.1, 0.15) is 6.04 Å². The van der Waals surface area contributed by atoms with Crippen LogP contribution in [0.1, 0.15) is 19.3 Å². The van der Waals surface area contributed by atoms with Gasteiger partial charge >= 0.3 is 5.97 Å². The maximum Gasteiger partial charge on any atom is 0.320 e. The van der Waals surface area contributed by atoms with Crippen molar-refractivity contribution in [3.63, 3.8) is 0 Å². The second-order valence-corrected chi connectivity index (χ2v) is 4.51. The number of hydrogen-bond donors (Lipinski definition) is 2. The normalized spacial score (nSPS) is 18.5. The van der Waals surface area contributed by atoms with Gasteiger partial charge in [-0.2, -0.15) is 11.8 Å². The fourth-order valence-electron chi connectivity index (χ4n) is 1.18. The molecule has 1 saturated carbocycles. The Balaban J connectivity index is 2.15. The zero-order chi connectivity index (χ0) is 9.68. The number of nitrogens with one attached hydrogen (secondary N) is 1. The summed E-state index contributed by atoms with van der Waals surface area (Å²) in [7, 11) is 0. The van der Waals surface area contributed by atoms with E-state index in [1.165, 1.54) is 12.8 Å². The standard InChI is InChI=1S/C9H17NO2S/c1-13-5-4-8(9(11)12)10-6-7-2-3-7/h7-8,10H,2-6H2,1H3,(H,11,12). The van der Waals surface area contributed by atoms with Crippen LogP contribution in [0.3, 0.4) is 0 Å². The van der Waals surface area contributed by atoms with E-state index in [1.54, 1.807) is 11.8 Å². The van der Waals surface area contributed by atoms with Crippen LogP contribution in [0, 0.1) is 5.92 Å². The van der Waals surface area contributed by atoms with Crippen LogP contribution in [-0.4, -0.2) is 35.7 Å². The Bertz CT molecular complexity index is 171. The topological polar surface area (TPSA) is 49.3 Å². The molecule has 0 bridgehead atoms. The lowest BCUT2D eigenvalue weighted by atomic mass is 10.2. The van der Waals surface area contributed by atoms with E-state index in [2.05, 4.69) is 5.32 Å². The second kappa shape index (κ2) is 5.50. The van der Waals surface area contributed by atoms with Crippen molar-refractivity contribution in [3.05, 3.63) is 0 Å². The third kappa shape index (κ3) is 4.52. The van der Waals surface area contributed by atoms with Crippen molar-refractivity contribution in [3.8, 4) is 0 Å². The van der Waals surface area contributed by atoms with Crippen LogP contribution in [0.4, 0.5) is 0 Å². The quantitative estimate of drug-likeness (QED) is 0.652. The maximum atomic E-state index is 10.8. The summed E-state index contributed by atoms with van der Waals surface area (Å²) in [5.74, 6) is 0.945. The molecule has 0 aromatic carbocycles. The number of rotatable bonds is 7. The highest BCUT2D eigenvalue weighted by Crippen LogP contribution is 2.27. The number of hydrogen-bond acceptors (Lipinski definition) is 3. The molecule has 0 aliphatic heterocycles. The van der Waals surface area contributed by atoms with Crippen LogP contribution < -0.4 is 5.32 Å². The first-order chi connectivity index (χ1) is 6.24. The molecule has 0 amide bonds. The molecule has 3 nitrogen and oxygen atoms in total. The van der Waals surface area contributed by atoms with Gasteiger partial charge in [0.2, 0.25) is 0 Å². The van der Waals surface area contributed by atoms with E-state index in [4.69, 9.17) is 5.11 Å². The second-order valence-electron chi connectivity index (χ2n) is 3.52. The van der Waals surface area contributed by atoms with Crippen molar-refractivity contribution in [1.29, 1.82) is 0 Å². The van der Waals surface area contributed by atoms with Gasteiger partial charge in [-0.1, -0.05) is 0 Å². The molecule has 0 spiro atoms. The Morgan fingerprint density at radius 3 is 2.85 bits per heavy atom. The zero-order valence-electron chi connectivity index (χ0n) is 7.95. The molecule has 1 unspecified atom stereocenters. The van der Waals surface area contributed by atoms with Crippen LogP contribution in [0.25, 0.3) is 0 Å². The van der Waals surface area contributed by atoms with Crippen molar-refractivity contribution in [2.24, 2.45) is 5.92 Å². The highest BCUT2D eigenvalue weighted by molar-refractivity contribution is 7.98. The van der Waals surface area contributed by atoms with E-state index in [1.807, 2.05) is 6.26 Å². The van der Waals surface area contributed by atoms with Gasteiger partial charge in [-0.25, -0.2) is 0 Å². The average molecular weight is 203 g/mol. The first kappa shape index (κ1) is 10.9. The van der Waals surface area contributed by atoms with Crippen LogP contribution in [0.5, 0.6) is 0 Å². The number of aliphatic carboxylic acids is 1.